The third kappa shape index (κ3) is 5.53. The molecule has 0 bridgehead atoms. The van der Waals surface area contributed by atoms with E-state index in [-0.39, 0.29) is 49.6 Å². The maximum Gasteiger partial charge on any atom is 0.411 e. The van der Waals surface area contributed by atoms with Crippen LogP contribution in [-0.2, 0) is 20.4 Å². The molecule has 5 N–H and O–H groups in total. The fourth-order valence-corrected chi connectivity index (χ4v) is 5.51. The van der Waals surface area contributed by atoms with Crippen LogP contribution in [0.25, 0.3) is 11.0 Å². The lowest BCUT2D eigenvalue weighted by molar-refractivity contribution is 0.0694. The first-order chi connectivity index (χ1) is 16.1. The number of aromatic carboxylic acids is 1. The normalized spacial score (nSPS) is 15.1. The summed E-state index contributed by atoms with van der Waals surface area (Å²) in [6.07, 6.45) is -0.275. The highest BCUT2D eigenvalue weighted by Gasteiger charge is 2.47. The van der Waals surface area contributed by atoms with Gasteiger partial charge < -0.3 is 43.8 Å². The highest BCUT2D eigenvalue weighted by atomic mass is 31.2. The Hall–Kier alpha value is -2.87. The van der Waals surface area contributed by atoms with Crippen LogP contribution in [0.3, 0.4) is 0 Å². The van der Waals surface area contributed by atoms with Crippen molar-refractivity contribution in [3.8, 4) is 0 Å². The molecule has 3 rings (SSSR count). The van der Waals surface area contributed by atoms with E-state index in [0.717, 1.165) is 17.2 Å². The molecule has 1 fully saturated rings. The van der Waals surface area contributed by atoms with E-state index in [9.17, 15) is 33.0 Å². The Morgan fingerprint density at radius 3 is 2.20 bits per heavy atom. The van der Waals surface area contributed by atoms with Crippen molar-refractivity contribution in [3.05, 3.63) is 33.9 Å². The zero-order valence-corrected chi connectivity index (χ0v) is 19.8. The van der Waals surface area contributed by atoms with Gasteiger partial charge >= 0.3 is 32.8 Å². The van der Waals surface area contributed by atoms with Crippen molar-refractivity contribution in [2.24, 2.45) is 0 Å². The highest BCUT2D eigenvalue weighted by molar-refractivity contribution is 7.70. The zero-order valence-electron chi connectivity index (χ0n) is 18.0. The van der Waals surface area contributed by atoms with Crippen molar-refractivity contribution < 1.29 is 52.5 Å². The van der Waals surface area contributed by atoms with Crippen molar-refractivity contribution in [2.45, 2.75) is 19.1 Å². The lowest BCUT2D eigenvalue weighted by Crippen LogP contribution is -2.50. The second-order valence-electron chi connectivity index (χ2n) is 7.49. The molecule has 0 aliphatic carbocycles. The van der Waals surface area contributed by atoms with Gasteiger partial charge in [-0.3, -0.25) is 13.9 Å². The van der Waals surface area contributed by atoms with Gasteiger partial charge in [0, 0.05) is 38.9 Å². The lowest BCUT2D eigenvalue weighted by atomic mass is 10.2. The molecule has 0 spiro atoms. The number of carboxylic acid groups (broad SMARTS) is 1. The predicted octanol–water partition coefficient (Wildman–Crippen LogP) is 0.151. The number of pyridine rings is 2. The van der Waals surface area contributed by atoms with Crippen LogP contribution in [-0.4, -0.2) is 83.0 Å². The Bertz CT molecular complexity index is 1310. The molecule has 0 atom stereocenters. The number of fused-ring (bicyclic) bond motifs is 1. The molecule has 1 saturated heterocycles. The molecule has 0 radical (unpaired) electrons. The predicted molar refractivity (Wildman–Crippen MR) is 117 cm³/mol. The molecule has 2 aromatic heterocycles. The van der Waals surface area contributed by atoms with E-state index < -0.39 is 49.6 Å². The number of hydrogen-bond donors (Lipinski definition) is 5. The van der Waals surface area contributed by atoms with Gasteiger partial charge in [0.1, 0.15) is 11.2 Å². The summed E-state index contributed by atoms with van der Waals surface area (Å²) in [5, 5.41) is 9.00. The third-order valence-corrected chi connectivity index (χ3v) is 8.34. The van der Waals surface area contributed by atoms with E-state index in [1.165, 1.54) is 9.47 Å². The van der Waals surface area contributed by atoms with Gasteiger partial charge in [0.2, 0.25) is 5.43 Å². The van der Waals surface area contributed by atoms with E-state index in [0.29, 0.717) is 0 Å². The number of carbonyl (C=O) groups is 2. The van der Waals surface area contributed by atoms with Crippen LogP contribution < -0.4 is 10.3 Å². The molecule has 35 heavy (non-hydrogen) atoms. The summed E-state index contributed by atoms with van der Waals surface area (Å²) >= 11 is 0. The maximum absolute atomic E-state index is 14.9. The Morgan fingerprint density at radius 2 is 1.71 bits per heavy atom. The number of ether oxygens (including phenoxy) is 1. The quantitative estimate of drug-likeness (QED) is 0.310. The van der Waals surface area contributed by atoms with Crippen LogP contribution in [0.4, 0.5) is 15.0 Å². The summed E-state index contributed by atoms with van der Waals surface area (Å²) in [5.41, 5.74) is -4.34. The van der Waals surface area contributed by atoms with Crippen LogP contribution in [0.15, 0.2) is 17.1 Å². The van der Waals surface area contributed by atoms with E-state index in [1.807, 2.05) is 0 Å². The second kappa shape index (κ2) is 9.64. The van der Waals surface area contributed by atoms with Gasteiger partial charge in [-0.1, -0.05) is 0 Å². The SMILES string of the molecule is CCn1cc(C(=O)O)c(=O)c2cc(F)c(N3CCN(C(=O)OC(P(=O)(O)O)P(=O)(O)O)CC3)nc21. The molecule has 1 aliphatic heterocycles. The molecular formula is C17H21FN4O11P2. The van der Waals surface area contributed by atoms with Crippen molar-refractivity contribution in [1.82, 2.24) is 14.5 Å². The van der Waals surface area contributed by atoms with Crippen molar-refractivity contribution in [3.63, 3.8) is 0 Å². The fourth-order valence-electron chi connectivity index (χ4n) is 3.49. The number of aryl methyl sites for hydroxylation is 1. The van der Waals surface area contributed by atoms with Crippen LogP contribution in [0.2, 0.25) is 0 Å². The van der Waals surface area contributed by atoms with Gasteiger partial charge in [0.05, 0.1) is 5.39 Å². The minimum absolute atomic E-state index is 0.0480. The number of aromatic nitrogens is 2. The molecule has 0 unspecified atom stereocenters. The first kappa shape index (κ1) is 26.7. The average Bonchev–Trinajstić information content (AvgIpc) is 2.76. The number of piperazine rings is 1. The zero-order chi connectivity index (χ0) is 26.3. The third-order valence-electron chi connectivity index (χ3n) is 5.17. The number of nitrogens with zero attached hydrogens (tertiary/aromatic N) is 4. The summed E-state index contributed by atoms with van der Waals surface area (Å²) in [6.45, 7) is 1.45. The smallest absolute Gasteiger partial charge is 0.411 e. The van der Waals surface area contributed by atoms with E-state index in [4.69, 9.17) is 19.6 Å². The Labute approximate surface area is 195 Å². The summed E-state index contributed by atoms with van der Waals surface area (Å²) in [7, 11) is -11.0. The van der Waals surface area contributed by atoms with E-state index in [1.54, 1.807) is 6.92 Å². The molecule has 0 saturated carbocycles. The molecule has 0 aromatic carbocycles. The van der Waals surface area contributed by atoms with Crippen LogP contribution in [0.1, 0.15) is 17.3 Å². The number of amides is 1. The summed E-state index contributed by atoms with van der Waals surface area (Å²) < 4.78 is 43.2. The lowest BCUT2D eigenvalue weighted by Gasteiger charge is -2.35. The van der Waals surface area contributed by atoms with Gasteiger partial charge in [-0.2, -0.15) is 0 Å². The first-order valence-electron chi connectivity index (χ1n) is 9.93. The Morgan fingerprint density at radius 1 is 1.14 bits per heavy atom. The monoisotopic (exact) mass is 538 g/mol. The summed E-state index contributed by atoms with van der Waals surface area (Å²) in [6, 6.07) is 0.879. The fraction of sp³-hybridized carbons (Fsp3) is 0.412. The van der Waals surface area contributed by atoms with Crippen LogP contribution >= 0.6 is 15.2 Å². The molecule has 2 aromatic rings. The van der Waals surface area contributed by atoms with Crippen molar-refractivity contribution in [1.29, 1.82) is 0 Å². The highest BCUT2D eigenvalue weighted by Crippen LogP contribution is 2.60. The largest absolute Gasteiger partial charge is 0.477 e. The molecular weight excluding hydrogens is 517 g/mol. The van der Waals surface area contributed by atoms with Gasteiger partial charge in [-0.05, 0) is 13.0 Å². The average molecular weight is 538 g/mol. The van der Waals surface area contributed by atoms with Gasteiger partial charge in [-0.25, -0.2) is 19.0 Å². The Kier molecular flexibility index (Phi) is 7.37. The number of halogens is 1. The van der Waals surface area contributed by atoms with Gasteiger partial charge in [0.25, 0.3) is 0 Å². The minimum Gasteiger partial charge on any atom is -0.477 e. The molecule has 192 valence electrons. The number of carboxylic acids is 1. The molecule has 3 heterocycles. The maximum atomic E-state index is 14.9. The van der Waals surface area contributed by atoms with Crippen molar-refractivity contribution in [2.75, 3.05) is 31.1 Å². The molecule has 15 nitrogen and oxygen atoms in total. The van der Waals surface area contributed by atoms with Crippen LogP contribution in [0, 0.1) is 5.82 Å². The second-order valence-corrected chi connectivity index (χ2v) is 11.2. The van der Waals surface area contributed by atoms with E-state index in [2.05, 4.69) is 9.72 Å². The van der Waals surface area contributed by atoms with Gasteiger partial charge in [-0.15, -0.1) is 0 Å². The number of carbonyl (C=O) groups excluding carboxylic acids is 1. The van der Waals surface area contributed by atoms with Gasteiger partial charge in [0.15, 0.2) is 11.6 Å². The van der Waals surface area contributed by atoms with E-state index >= 15 is 0 Å². The Balaban J connectivity index is 1.83. The van der Waals surface area contributed by atoms with Crippen LogP contribution in [0.5, 0.6) is 0 Å². The number of hydrogen-bond acceptors (Lipinski definition) is 8. The topological polar surface area (TPSA) is 220 Å². The standard InChI is InChI=1S/C17H21FN4O11P2/c1-2-20-8-10(15(24)25)12(23)9-7-11(18)14(19-13(9)20)21-3-5-22(6-4-21)16(26)33-17(34(27,28)29)35(30,31)32/h7-8,17H,2-6H2,1H3,(H,24,25)(H2,27,28,29)(H2,30,31,32). The first-order valence-corrected chi connectivity index (χ1v) is 13.3. The summed E-state index contributed by atoms with van der Waals surface area (Å²) in [5.74, 6) is -2.57. The van der Waals surface area contributed by atoms with Crippen molar-refractivity contribution >= 4 is 44.1 Å². The number of anilines is 1. The molecule has 18 heteroatoms. The molecule has 1 amide bonds. The summed E-state index contributed by atoms with van der Waals surface area (Å²) in [4.78, 5) is 78.9. The number of rotatable bonds is 6. The minimum atomic E-state index is -5.48. The molecule has 1 aliphatic rings.